The van der Waals surface area contributed by atoms with Crippen LogP contribution in [-0.4, -0.2) is 46.5 Å². The Labute approximate surface area is 179 Å². The van der Waals surface area contributed by atoms with Crippen molar-refractivity contribution in [2.75, 3.05) is 45.8 Å². The third-order valence-electron chi connectivity index (χ3n) is 5.71. The van der Waals surface area contributed by atoms with Crippen LogP contribution < -0.4 is 20.1 Å². The average Bonchev–Trinajstić information content (AvgIpc) is 2.78. The summed E-state index contributed by atoms with van der Waals surface area (Å²) in [7, 11) is 3.43. The number of anilines is 1. The maximum atomic E-state index is 5.69. The predicted molar refractivity (Wildman–Crippen MR) is 122 cm³/mol. The van der Waals surface area contributed by atoms with Crippen LogP contribution in [0.5, 0.6) is 11.5 Å². The second kappa shape index (κ2) is 10.3. The number of ether oxygens (including phenoxy) is 3. The van der Waals surface area contributed by atoms with Gasteiger partial charge in [-0.25, -0.2) is 0 Å². The summed E-state index contributed by atoms with van der Waals surface area (Å²) in [4.78, 5) is 4.42. The van der Waals surface area contributed by atoms with Crippen LogP contribution in [0, 0.1) is 6.92 Å². The van der Waals surface area contributed by atoms with Gasteiger partial charge in [0.1, 0.15) is 0 Å². The molecule has 1 heterocycles. The Morgan fingerprint density at radius 3 is 2.57 bits per heavy atom. The number of benzene rings is 2. The van der Waals surface area contributed by atoms with Crippen LogP contribution in [0.4, 0.5) is 5.69 Å². The normalized spacial score (nSPS) is 16.1. The molecule has 6 heteroatoms. The van der Waals surface area contributed by atoms with Crippen molar-refractivity contribution in [3.63, 3.8) is 0 Å². The first kappa shape index (κ1) is 22.0. The maximum absolute atomic E-state index is 5.69. The minimum absolute atomic E-state index is 0.0254. The molecule has 30 heavy (non-hydrogen) atoms. The Morgan fingerprint density at radius 1 is 1.13 bits per heavy atom. The lowest BCUT2D eigenvalue weighted by molar-refractivity contribution is 0.0512. The van der Waals surface area contributed by atoms with Crippen LogP contribution in [0.15, 0.2) is 47.5 Å². The van der Waals surface area contributed by atoms with Gasteiger partial charge in [0.2, 0.25) is 0 Å². The maximum Gasteiger partial charge on any atom is 0.195 e. The molecule has 0 spiro atoms. The summed E-state index contributed by atoms with van der Waals surface area (Å²) in [6.07, 6.45) is 1.97. The molecular formula is C24H33N3O3. The van der Waals surface area contributed by atoms with E-state index in [9.17, 15) is 0 Å². The Morgan fingerprint density at radius 2 is 1.90 bits per heavy atom. The zero-order valence-electron chi connectivity index (χ0n) is 18.5. The summed E-state index contributed by atoms with van der Waals surface area (Å²) in [5.74, 6) is 2.15. The van der Waals surface area contributed by atoms with Gasteiger partial charge in [-0.05, 0) is 49.9 Å². The van der Waals surface area contributed by atoms with Crippen molar-refractivity contribution in [2.24, 2.45) is 4.99 Å². The average molecular weight is 412 g/mol. The molecule has 2 N–H and O–H groups in total. The number of nitrogens with zero attached hydrogens (tertiary/aromatic N) is 1. The first-order chi connectivity index (χ1) is 14.6. The SMILES string of the molecule is CCOc1cc(NC(=NC)NCC2(c3ccccc3C)CCOCC2)ccc1OC. The van der Waals surface area contributed by atoms with E-state index in [2.05, 4.69) is 46.8 Å². The molecule has 0 saturated carbocycles. The van der Waals surface area contributed by atoms with Crippen LogP contribution in [0.1, 0.15) is 30.9 Å². The Balaban J connectivity index is 1.75. The summed E-state index contributed by atoms with van der Waals surface area (Å²) in [6, 6.07) is 14.4. The van der Waals surface area contributed by atoms with Gasteiger partial charge in [-0.15, -0.1) is 0 Å². The molecule has 1 aliphatic rings. The Bertz CT molecular complexity index is 861. The molecule has 1 fully saturated rings. The minimum Gasteiger partial charge on any atom is -0.493 e. The number of hydrogen-bond donors (Lipinski definition) is 2. The van der Waals surface area contributed by atoms with Gasteiger partial charge in [0.25, 0.3) is 0 Å². The van der Waals surface area contributed by atoms with Crippen molar-refractivity contribution in [3.05, 3.63) is 53.6 Å². The fourth-order valence-electron chi connectivity index (χ4n) is 4.06. The smallest absolute Gasteiger partial charge is 0.195 e. The van der Waals surface area contributed by atoms with E-state index < -0.39 is 0 Å². The van der Waals surface area contributed by atoms with Gasteiger partial charge in [0, 0.05) is 44.0 Å². The van der Waals surface area contributed by atoms with Gasteiger partial charge < -0.3 is 24.8 Å². The highest BCUT2D eigenvalue weighted by Crippen LogP contribution is 2.36. The van der Waals surface area contributed by atoms with E-state index in [1.807, 2.05) is 25.1 Å². The fraction of sp³-hybridized carbons (Fsp3) is 0.458. The molecule has 0 amide bonds. The summed E-state index contributed by atoms with van der Waals surface area (Å²) >= 11 is 0. The Hall–Kier alpha value is -2.73. The van der Waals surface area contributed by atoms with Crippen molar-refractivity contribution >= 4 is 11.6 Å². The third-order valence-corrected chi connectivity index (χ3v) is 5.71. The van der Waals surface area contributed by atoms with E-state index in [4.69, 9.17) is 14.2 Å². The molecule has 0 aliphatic carbocycles. The monoisotopic (exact) mass is 411 g/mol. The highest BCUT2D eigenvalue weighted by molar-refractivity contribution is 5.94. The number of aliphatic imine (C=N–C) groups is 1. The number of guanidine groups is 1. The van der Waals surface area contributed by atoms with Crippen molar-refractivity contribution in [2.45, 2.75) is 32.1 Å². The molecule has 0 radical (unpaired) electrons. The van der Waals surface area contributed by atoms with E-state index >= 15 is 0 Å². The second-order valence-corrected chi connectivity index (χ2v) is 7.56. The summed E-state index contributed by atoms with van der Waals surface area (Å²) in [6.45, 7) is 7.06. The molecule has 0 unspecified atom stereocenters. The Kier molecular flexibility index (Phi) is 7.57. The molecular weight excluding hydrogens is 378 g/mol. The van der Waals surface area contributed by atoms with E-state index in [-0.39, 0.29) is 5.41 Å². The number of hydrogen-bond acceptors (Lipinski definition) is 4. The standard InChI is InChI=1S/C24H33N3O3/c1-5-30-22-16-19(10-11-21(22)28-4)27-23(25-3)26-17-24(12-14-29-15-13-24)20-9-7-6-8-18(20)2/h6-11,16H,5,12-15,17H2,1-4H3,(H2,25,26,27). The van der Waals surface area contributed by atoms with Crippen LogP contribution in [0.2, 0.25) is 0 Å². The van der Waals surface area contributed by atoms with E-state index in [1.165, 1.54) is 11.1 Å². The molecule has 6 nitrogen and oxygen atoms in total. The zero-order chi connectivity index (χ0) is 21.4. The fourth-order valence-corrected chi connectivity index (χ4v) is 4.06. The van der Waals surface area contributed by atoms with Gasteiger partial charge in [0.15, 0.2) is 17.5 Å². The van der Waals surface area contributed by atoms with Crippen LogP contribution in [0.25, 0.3) is 0 Å². The number of methoxy groups -OCH3 is 1. The first-order valence-corrected chi connectivity index (χ1v) is 10.5. The molecule has 1 saturated heterocycles. The highest BCUT2D eigenvalue weighted by Gasteiger charge is 2.35. The van der Waals surface area contributed by atoms with Gasteiger partial charge in [-0.1, -0.05) is 24.3 Å². The van der Waals surface area contributed by atoms with Crippen LogP contribution in [0.3, 0.4) is 0 Å². The quantitative estimate of drug-likeness (QED) is 0.530. The predicted octanol–water partition coefficient (Wildman–Crippen LogP) is 4.14. The summed E-state index contributed by atoms with van der Waals surface area (Å²) in [5.41, 5.74) is 3.63. The number of rotatable bonds is 7. The van der Waals surface area contributed by atoms with Gasteiger partial charge in [-0.2, -0.15) is 0 Å². The zero-order valence-corrected chi connectivity index (χ0v) is 18.5. The van der Waals surface area contributed by atoms with Gasteiger partial charge >= 0.3 is 0 Å². The topological polar surface area (TPSA) is 64.1 Å². The van der Waals surface area contributed by atoms with Crippen molar-refractivity contribution in [1.29, 1.82) is 0 Å². The van der Waals surface area contributed by atoms with Gasteiger partial charge in [-0.3, -0.25) is 4.99 Å². The van der Waals surface area contributed by atoms with Crippen molar-refractivity contribution in [3.8, 4) is 11.5 Å². The molecule has 162 valence electrons. The first-order valence-electron chi connectivity index (χ1n) is 10.5. The second-order valence-electron chi connectivity index (χ2n) is 7.56. The van der Waals surface area contributed by atoms with E-state index in [0.29, 0.717) is 18.1 Å². The molecule has 0 aromatic heterocycles. The largest absolute Gasteiger partial charge is 0.493 e. The summed E-state index contributed by atoms with van der Waals surface area (Å²) in [5, 5.41) is 6.92. The number of aryl methyl sites for hydroxylation is 1. The molecule has 3 rings (SSSR count). The lowest BCUT2D eigenvalue weighted by Crippen LogP contribution is -2.46. The summed E-state index contributed by atoms with van der Waals surface area (Å²) < 4.78 is 16.7. The van der Waals surface area contributed by atoms with E-state index in [1.54, 1.807) is 14.2 Å². The lowest BCUT2D eigenvalue weighted by Gasteiger charge is -2.39. The molecule has 2 aromatic rings. The van der Waals surface area contributed by atoms with Crippen LogP contribution in [-0.2, 0) is 10.2 Å². The minimum atomic E-state index is 0.0254. The molecule has 0 atom stereocenters. The molecule has 1 aliphatic heterocycles. The number of nitrogens with one attached hydrogen (secondary N) is 2. The van der Waals surface area contributed by atoms with E-state index in [0.717, 1.165) is 44.2 Å². The van der Waals surface area contributed by atoms with Gasteiger partial charge in [0.05, 0.1) is 13.7 Å². The molecule has 2 aromatic carbocycles. The lowest BCUT2D eigenvalue weighted by atomic mass is 9.72. The third kappa shape index (κ3) is 5.05. The molecule has 0 bridgehead atoms. The van der Waals surface area contributed by atoms with Crippen LogP contribution >= 0.6 is 0 Å². The van der Waals surface area contributed by atoms with Crippen molar-refractivity contribution < 1.29 is 14.2 Å². The van der Waals surface area contributed by atoms with Crippen molar-refractivity contribution in [1.82, 2.24) is 5.32 Å². The highest BCUT2D eigenvalue weighted by atomic mass is 16.5.